The van der Waals surface area contributed by atoms with E-state index in [0.717, 1.165) is 6.42 Å². The molecule has 1 aliphatic heterocycles. The molecule has 0 bridgehead atoms. The van der Waals surface area contributed by atoms with E-state index in [9.17, 15) is 0 Å². The smallest absolute Gasteiger partial charge is 0.159 e. The SMILES string of the molecule is COC1CC(Cl)(Sc2ccccc2)CCO1. The van der Waals surface area contributed by atoms with Crippen molar-refractivity contribution in [3.8, 4) is 0 Å². The Kier molecular flexibility index (Phi) is 4.14. The summed E-state index contributed by atoms with van der Waals surface area (Å²) >= 11 is 8.28. The van der Waals surface area contributed by atoms with Gasteiger partial charge in [0.1, 0.15) is 4.21 Å². The molecule has 88 valence electrons. The number of hydrogen-bond acceptors (Lipinski definition) is 3. The van der Waals surface area contributed by atoms with Crippen LogP contribution in [0.3, 0.4) is 0 Å². The van der Waals surface area contributed by atoms with Gasteiger partial charge in [-0.15, -0.1) is 23.4 Å². The third kappa shape index (κ3) is 3.14. The Morgan fingerprint density at radius 2 is 2.19 bits per heavy atom. The van der Waals surface area contributed by atoms with Crippen LogP contribution in [0.5, 0.6) is 0 Å². The highest BCUT2D eigenvalue weighted by atomic mass is 35.5. The van der Waals surface area contributed by atoms with Gasteiger partial charge in [0, 0.05) is 18.4 Å². The molecule has 0 spiro atoms. The van der Waals surface area contributed by atoms with Crippen LogP contribution >= 0.6 is 23.4 Å². The zero-order valence-corrected chi connectivity index (χ0v) is 10.8. The monoisotopic (exact) mass is 258 g/mol. The lowest BCUT2D eigenvalue weighted by molar-refractivity contribution is -0.146. The van der Waals surface area contributed by atoms with Gasteiger partial charge in [0.15, 0.2) is 6.29 Å². The largest absolute Gasteiger partial charge is 0.356 e. The summed E-state index contributed by atoms with van der Waals surface area (Å²) in [6.45, 7) is 0.655. The van der Waals surface area contributed by atoms with Gasteiger partial charge in [0.25, 0.3) is 0 Å². The molecule has 2 unspecified atom stereocenters. The highest BCUT2D eigenvalue weighted by Crippen LogP contribution is 2.45. The Hall–Kier alpha value is -0.220. The Labute approximate surface area is 105 Å². The number of halogens is 1. The first-order valence-corrected chi connectivity index (χ1v) is 6.49. The van der Waals surface area contributed by atoms with Crippen LogP contribution in [0.4, 0.5) is 0 Å². The second-order valence-corrected chi connectivity index (χ2v) is 6.19. The summed E-state index contributed by atoms with van der Waals surface area (Å²) in [4.78, 5) is 1.19. The molecule has 0 aliphatic carbocycles. The average molecular weight is 259 g/mol. The number of rotatable bonds is 3. The molecule has 0 amide bonds. The summed E-state index contributed by atoms with van der Waals surface area (Å²) in [7, 11) is 1.65. The zero-order valence-electron chi connectivity index (χ0n) is 9.19. The summed E-state index contributed by atoms with van der Waals surface area (Å²) in [5, 5.41) is 0. The van der Waals surface area contributed by atoms with Crippen molar-refractivity contribution in [1.82, 2.24) is 0 Å². The molecule has 16 heavy (non-hydrogen) atoms. The first-order valence-electron chi connectivity index (χ1n) is 5.29. The van der Waals surface area contributed by atoms with Crippen molar-refractivity contribution >= 4 is 23.4 Å². The van der Waals surface area contributed by atoms with Crippen molar-refractivity contribution in [3.63, 3.8) is 0 Å². The second-order valence-electron chi connectivity index (χ2n) is 3.79. The standard InChI is InChI=1S/C12H15ClO2S/c1-14-11-9-12(13,7-8-15-11)16-10-5-3-2-4-6-10/h2-6,11H,7-9H2,1H3. The number of alkyl halides is 1. The maximum absolute atomic E-state index is 6.59. The summed E-state index contributed by atoms with van der Waals surface area (Å²) in [5.41, 5.74) is 0. The second kappa shape index (κ2) is 5.41. The van der Waals surface area contributed by atoms with Crippen molar-refractivity contribution in [1.29, 1.82) is 0 Å². The number of hydrogen-bond donors (Lipinski definition) is 0. The first kappa shape index (κ1) is 12.2. The molecule has 1 saturated heterocycles. The van der Waals surface area contributed by atoms with Gasteiger partial charge in [-0.25, -0.2) is 0 Å². The highest BCUT2D eigenvalue weighted by Gasteiger charge is 2.36. The van der Waals surface area contributed by atoms with E-state index < -0.39 is 0 Å². The summed E-state index contributed by atoms with van der Waals surface area (Å²) < 4.78 is 10.3. The van der Waals surface area contributed by atoms with Crippen LogP contribution in [0.15, 0.2) is 35.2 Å². The molecule has 2 rings (SSSR count). The van der Waals surface area contributed by atoms with Crippen molar-refractivity contribution in [2.24, 2.45) is 0 Å². The number of thioether (sulfide) groups is 1. The van der Waals surface area contributed by atoms with Crippen molar-refractivity contribution in [2.75, 3.05) is 13.7 Å². The van der Waals surface area contributed by atoms with E-state index in [2.05, 4.69) is 12.1 Å². The fraction of sp³-hybridized carbons (Fsp3) is 0.500. The van der Waals surface area contributed by atoms with Crippen LogP contribution in [0, 0.1) is 0 Å². The Balaban J connectivity index is 2.02. The van der Waals surface area contributed by atoms with E-state index in [4.69, 9.17) is 21.1 Å². The van der Waals surface area contributed by atoms with E-state index in [-0.39, 0.29) is 10.5 Å². The van der Waals surface area contributed by atoms with E-state index in [1.807, 2.05) is 18.2 Å². The van der Waals surface area contributed by atoms with Crippen molar-refractivity contribution < 1.29 is 9.47 Å². The molecule has 4 heteroatoms. The third-order valence-electron chi connectivity index (χ3n) is 2.56. The summed E-state index contributed by atoms with van der Waals surface area (Å²) in [6.07, 6.45) is 1.38. The van der Waals surface area contributed by atoms with Crippen molar-refractivity contribution in [2.45, 2.75) is 28.2 Å². The molecule has 0 aromatic heterocycles. The van der Waals surface area contributed by atoms with Gasteiger partial charge in [0.2, 0.25) is 0 Å². The van der Waals surface area contributed by atoms with E-state index in [0.29, 0.717) is 13.0 Å². The van der Waals surface area contributed by atoms with Gasteiger partial charge in [-0.3, -0.25) is 0 Å². The van der Waals surface area contributed by atoms with Gasteiger partial charge in [-0.05, 0) is 18.6 Å². The lowest BCUT2D eigenvalue weighted by Gasteiger charge is -2.34. The lowest BCUT2D eigenvalue weighted by atomic mass is 10.2. The average Bonchev–Trinajstić information content (AvgIpc) is 2.29. The van der Waals surface area contributed by atoms with E-state index in [1.165, 1.54) is 4.90 Å². The van der Waals surface area contributed by atoms with Gasteiger partial charge in [-0.2, -0.15) is 0 Å². The van der Waals surface area contributed by atoms with Gasteiger partial charge in [-0.1, -0.05) is 18.2 Å². The molecule has 1 fully saturated rings. The van der Waals surface area contributed by atoms with E-state index in [1.54, 1.807) is 18.9 Å². The van der Waals surface area contributed by atoms with Gasteiger partial charge < -0.3 is 9.47 Å². The van der Waals surface area contributed by atoms with Crippen LogP contribution in [-0.4, -0.2) is 24.2 Å². The fourth-order valence-corrected chi connectivity index (χ4v) is 3.29. The highest BCUT2D eigenvalue weighted by molar-refractivity contribution is 8.02. The molecule has 0 N–H and O–H groups in total. The fourth-order valence-electron chi connectivity index (χ4n) is 1.70. The maximum Gasteiger partial charge on any atom is 0.159 e. The van der Waals surface area contributed by atoms with Crippen LogP contribution in [0.25, 0.3) is 0 Å². The molecule has 1 aromatic rings. The lowest BCUT2D eigenvalue weighted by Crippen LogP contribution is -2.34. The van der Waals surface area contributed by atoms with Gasteiger partial charge in [0.05, 0.1) is 6.61 Å². The van der Waals surface area contributed by atoms with E-state index >= 15 is 0 Å². The summed E-state index contributed by atoms with van der Waals surface area (Å²) in [5.74, 6) is 0. The normalized spacial score (nSPS) is 30.2. The minimum absolute atomic E-state index is 0.178. The molecule has 1 aliphatic rings. The van der Waals surface area contributed by atoms with Crippen LogP contribution < -0.4 is 0 Å². The maximum atomic E-state index is 6.59. The number of benzene rings is 1. The minimum atomic E-state index is -0.305. The molecule has 0 saturated carbocycles. The third-order valence-corrected chi connectivity index (χ3v) is 4.38. The zero-order chi connectivity index (χ0) is 11.4. The quantitative estimate of drug-likeness (QED) is 0.774. The van der Waals surface area contributed by atoms with Crippen LogP contribution in [0.2, 0.25) is 0 Å². The van der Waals surface area contributed by atoms with Gasteiger partial charge >= 0.3 is 0 Å². The molecule has 1 aromatic carbocycles. The molecule has 2 nitrogen and oxygen atoms in total. The molecular weight excluding hydrogens is 244 g/mol. The predicted molar refractivity (Wildman–Crippen MR) is 66.9 cm³/mol. The molecule has 0 radical (unpaired) electrons. The minimum Gasteiger partial charge on any atom is -0.356 e. The number of ether oxygens (including phenoxy) is 2. The topological polar surface area (TPSA) is 18.5 Å². The Bertz CT molecular complexity index is 333. The van der Waals surface area contributed by atoms with Crippen LogP contribution in [-0.2, 0) is 9.47 Å². The predicted octanol–water partition coefficient (Wildman–Crippen LogP) is 3.50. The molecular formula is C12H15ClO2S. The number of methoxy groups -OCH3 is 1. The first-order chi connectivity index (χ1) is 7.72. The molecule has 1 heterocycles. The Morgan fingerprint density at radius 3 is 2.88 bits per heavy atom. The van der Waals surface area contributed by atoms with Crippen LogP contribution in [0.1, 0.15) is 12.8 Å². The Morgan fingerprint density at radius 1 is 1.44 bits per heavy atom. The molecule has 2 atom stereocenters. The summed E-state index contributed by atoms with van der Waals surface area (Å²) in [6, 6.07) is 10.2. The van der Waals surface area contributed by atoms with Crippen molar-refractivity contribution in [3.05, 3.63) is 30.3 Å².